The lowest BCUT2D eigenvalue weighted by atomic mass is 10.1. The number of aromatic carboxylic acids is 1. The minimum atomic E-state index is -1.01. The highest BCUT2D eigenvalue weighted by Crippen LogP contribution is 2.31. The molecule has 1 aliphatic heterocycles. The van der Waals surface area contributed by atoms with Crippen LogP contribution in [0.15, 0.2) is 29.2 Å². The number of hydrogen-bond donors (Lipinski definition) is 1. The molecule has 2 rings (SSSR count). The molecule has 1 fully saturated rings. The number of carbonyl (C=O) groups is 3. The summed E-state index contributed by atoms with van der Waals surface area (Å²) in [6, 6.07) is 6.08. The first-order valence-corrected chi connectivity index (χ1v) is 6.92. The molecule has 2 amide bonds. The van der Waals surface area contributed by atoms with Crippen LogP contribution in [0.2, 0.25) is 0 Å². The zero-order valence-electron chi connectivity index (χ0n) is 11.2. The molecule has 0 spiro atoms. The number of hydrogen-bond acceptors (Lipinski definition) is 5. The lowest BCUT2D eigenvalue weighted by molar-refractivity contribution is -0.123. The van der Waals surface area contributed by atoms with Crippen molar-refractivity contribution in [2.45, 2.75) is 0 Å². The van der Waals surface area contributed by atoms with Gasteiger partial charge in [-0.3, -0.25) is 14.5 Å². The summed E-state index contributed by atoms with van der Waals surface area (Å²) in [5, 5.41) is 8.49. The number of benzene rings is 1. The SMILES string of the molecule is COCCN1C(=O)S/C(=C/c2ccc(C(=O)O)cc2)C1=O. The molecular weight excluding hydrogens is 294 g/mol. The van der Waals surface area contributed by atoms with Gasteiger partial charge in [0, 0.05) is 7.11 Å². The van der Waals surface area contributed by atoms with Crippen LogP contribution in [0.1, 0.15) is 15.9 Å². The summed E-state index contributed by atoms with van der Waals surface area (Å²) in [4.78, 5) is 36.0. The summed E-state index contributed by atoms with van der Waals surface area (Å²) in [5.41, 5.74) is 0.831. The van der Waals surface area contributed by atoms with E-state index in [4.69, 9.17) is 9.84 Å². The normalized spacial score (nSPS) is 16.8. The number of carboxylic acids is 1. The van der Waals surface area contributed by atoms with E-state index in [2.05, 4.69) is 0 Å². The third kappa shape index (κ3) is 3.50. The van der Waals surface area contributed by atoms with Gasteiger partial charge in [-0.15, -0.1) is 0 Å². The van der Waals surface area contributed by atoms with E-state index >= 15 is 0 Å². The Labute approximate surface area is 125 Å². The number of ether oxygens (including phenoxy) is 1. The first-order valence-electron chi connectivity index (χ1n) is 6.10. The van der Waals surface area contributed by atoms with Crippen LogP contribution in [-0.2, 0) is 9.53 Å². The predicted octanol–water partition coefficient (Wildman–Crippen LogP) is 2.07. The summed E-state index contributed by atoms with van der Waals surface area (Å²) in [6.07, 6.45) is 1.57. The Hall–Kier alpha value is -2.12. The lowest BCUT2D eigenvalue weighted by Gasteiger charge is -2.10. The zero-order chi connectivity index (χ0) is 15.4. The Kier molecular flexibility index (Phi) is 4.77. The molecule has 7 heteroatoms. The monoisotopic (exact) mass is 307 g/mol. The van der Waals surface area contributed by atoms with Crippen molar-refractivity contribution >= 4 is 35.0 Å². The maximum absolute atomic E-state index is 12.1. The van der Waals surface area contributed by atoms with Crippen molar-refractivity contribution in [3.05, 3.63) is 40.3 Å². The maximum Gasteiger partial charge on any atom is 0.335 e. The van der Waals surface area contributed by atoms with Crippen molar-refractivity contribution in [2.24, 2.45) is 0 Å². The van der Waals surface area contributed by atoms with Crippen LogP contribution in [-0.4, -0.2) is 47.4 Å². The van der Waals surface area contributed by atoms with Crippen LogP contribution < -0.4 is 0 Å². The number of methoxy groups -OCH3 is 1. The van der Waals surface area contributed by atoms with Gasteiger partial charge in [-0.1, -0.05) is 12.1 Å². The zero-order valence-corrected chi connectivity index (χ0v) is 12.1. The first kappa shape index (κ1) is 15.3. The van der Waals surface area contributed by atoms with Crippen LogP contribution in [0.3, 0.4) is 0 Å². The number of thioether (sulfide) groups is 1. The Balaban J connectivity index is 2.16. The molecule has 0 unspecified atom stereocenters. The molecule has 0 aliphatic carbocycles. The van der Waals surface area contributed by atoms with Crippen molar-refractivity contribution in [3.8, 4) is 0 Å². The summed E-state index contributed by atoms with van der Waals surface area (Å²) in [7, 11) is 1.50. The van der Waals surface area contributed by atoms with E-state index < -0.39 is 5.97 Å². The summed E-state index contributed by atoms with van der Waals surface area (Å²) >= 11 is 0.864. The Morgan fingerprint density at radius 3 is 2.57 bits per heavy atom. The molecule has 1 N–H and O–H groups in total. The second-order valence-corrected chi connectivity index (χ2v) is 5.25. The summed E-state index contributed by atoms with van der Waals surface area (Å²) < 4.78 is 4.86. The van der Waals surface area contributed by atoms with Gasteiger partial charge in [0.1, 0.15) is 0 Å². The van der Waals surface area contributed by atoms with Gasteiger partial charge < -0.3 is 9.84 Å². The number of imide groups is 1. The molecule has 21 heavy (non-hydrogen) atoms. The quantitative estimate of drug-likeness (QED) is 0.838. The van der Waals surface area contributed by atoms with Crippen LogP contribution in [0.4, 0.5) is 4.79 Å². The molecule has 0 radical (unpaired) electrons. The fraction of sp³-hybridized carbons (Fsp3) is 0.214. The van der Waals surface area contributed by atoms with Gasteiger partial charge in [-0.05, 0) is 35.5 Å². The van der Waals surface area contributed by atoms with E-state index in [0.717, 1.165) is 16.7 Å². The van der Waals surface area contributed by atoms with Gasteiger partial charge in [0.25, 0.3) is 11.1 Å². The molecule has 110 valence electrons. The van der Waals surface area contributed by atoms with Crippen molar-refractivity contribution in [3.63, 3.8) is 0 Å². The van der Waals surface area contributed by atoms with Gasteiger partial charge in [0.15, 0.2) is 0 Å². The summed E-state index contributed by atoms with van der Waals surface area (Å²) in [5.74, 6) is -1.37. The highest BCUT2D eigenvalue weighted by Gasteiger charge is 2.34. The highest BCUT2D eigenvalue weighted by atomic mass is 32.2. The number of carboxylic acid groups (broad SMARTS) is 1. The molecule has 0 atom stereocenters. The predicted molar refractivity (Wildman–Crippen MR) is 78.0 cm³/mol. The van der Waals surface area contributed by atoms with Gasteiger partial charge in [0.05, 0.1) is 23.6 Å². The van der Waals surface area contributed by atoms with Gasteiger partial charge in [-0.25, -0.2) is 4.79 Å². The second kappa shape index (κ2) is 6.55. The fourth-order valence-electron chi connectivity index (χ4n) is 1.75. The largest absolute Gasteiger partial charge is 0.478 e. The smallest absolute Gasteiger partial charge is 0.335 e. The second-order valence-electron chi connectivity index (χ2n) is 4.25. The van der Waals surface area contributed by atoms with E-state index in [1.54, 1.807) is 18.2 Å². The average molecular weight is 307 g/mol. The van der Waals surface area contributed by atoms with Gasteiger partial charge in [0.2, 0.25) is 0 Å². The van der Waals surface area contributed by atoms with Crippen molar-refractivity contribution in [1.82, 2.24) is 4.90 Å². The van der Waals surface area contributed by atoms with Crippen LogP contribution in [0, 0.1) is 0 Å². The molecule has 1 aliphatic rings. The molecule has 1 heterocycles. The molecule has 0 bridgehead atoms. The van der Waals surface area contributed by atoms with E-state index in [9.17, 15) is 14.4 Å². The van der Waals surface area contributed by atoms with E-state index in [1.165, 1.54) is 19.2 Å². The number of rotatable bonds is 5. The minimum absolute atomic E-state index is 0.167. The Bertz CT molecular complexity index is 608. The molecule has 0 aromatic heterocycles. The highest BCUT2D eigenvalue weighted by molar-refractivity contribution is 8.18. The van der Waals surface area contributed by atoms with Gasteiger partial charge >= 0.3 is 5.97 Å². The standard InChI is InChI=1S/C14H13NO5S/c1-20-7-6-15-12(16)11(21-14(15)19)8-9-2-4-10(5-3-9)13(17)18/h2-5,8H,6-7H2,1H3,(H,17,18)/b11-8+. The molecule has 0 saturated carbocycles. The van der Waals surface area contributed by atoms with Crippen LogP contribution in [0.5, 0.6) is 0 Å². The molecular formula is C14H13NO5S. The van der Waals surface area contributed by atoms with E-state index in [-0.39, 0.29) is 23.3 Å². The van der Waals surface area contributed by atoms with E-state index in [1.807, 2.05) is 0 Å². The number of amides is 2. The van der Waals surface area contributed by atoms with Crippen LogP contribution in [0.25, 0.3) is 6.08 Å². The maximum atomic E-state index is 12.1. The minimum Gasteiger partial charge on any atom is -0.478 e. The van der Waals surface area contributed by atoms with Crippen molar-refractivity contribution < 1.29 is 24.2 Å². The fourth-order valence-corrected chi connectivity index (χ4v) is 2.61. The molecule has 1 aromatic rings. The number of nitrogens with zero attached hydrogens (tertiary/aromatic N) is 1. The number of carbonyl (C=O) groups excluding carboxylic acids is 2. The van der Waals surface area contributed by atoms with Crippen LogP contribution >= 0.6 is 11.8 Å². The Morgan fingerprint density at radius 1 is 1.33 bits per heavy atom. The van der Waals surface area contributed by atoms with Crippen molar-refractivity contribution in [1.29, 1.82) is 0 Å². The van der Waals surface area contributed by atoms with Crippen molar-refractivity contribution in [2.75, 3.05) is 20.3 Å². The lowest BCUT2D eigenvalue weighted by Crippen LogP contribution is -2.31. The topological polar surface area (TPSA) is 83.9 Å². The molecule has 6 nitrogen and oxygen atoms in total. The van der Waals surface area contributed by atoms with E-state index in [0.29, 0.717) is 17.1 Å². The molecule has 1 saturated heterocycles. The first-order chi connectivity index (χ1) is 10.0. The molecule has 1 aromatic carbocycles. The van der Waals surface area contributed by atoms with Gasteiger partial charge in [-0.2, -0.15) is 0 Å². The third-order valence-electron chi connectivity index (χ3n) is 2.85. The summed E-state index contributed by atoms with van der Waals surface area (Å²) in [6.45, 7) is 0.509. The average Bonchev–Trinajstić information content (AvgIpc) is 2.72. The Morgan fingerprint density at radius 2 is 2.00 bits per heavy atom. The third-order valence-corrected chi connectivity index (χ3v) is 3.76.